The predicted octanol–water partition coefficient (Wildman–Crippen LogP) is -0.303. The molecule has 1 saturated heterocycles. The van der Waals surface area contributed by atoms with Crippen LogP contribution in [0.3, 0.4) is 0 Å². The first-order valence-corrected chi connectivity index (χ1v) is 13.0. The minimum Gasteiger partial charge on any atom is -0.387 e. The van der Waals surface area contributed by atoms with E-state index in [1.807, 2.05) is 0 Å². The van der Waals surface area contributed by atoms with Crippen molar-refractivity contribution in [2.45, 2.75) is 24.5 Å². The number of nitrogen functional groups attached to an aromatic ring is 1. The van der Waals surface area contributed by atoms with Crippen LogP contribution < -0.4 is 5.73 Å². The summed E-state index contributed by atoms with van der Waals surface area (Å²) in [7, 11) is -4.89. The van der Waals surface area contributed by atoms with Crippen LogP contribution in [0.2, 0.25) is 0 Å². The lowest BCUT2D eigenvalue weighted by molar-refractivity contribution is -0.0501. The molecule has 17 heteroatoms. The third-order valence-electron chi connectivity index (χ3n) is 3.60. The Hall–Kier alpha value is -0.740. The van der Waals surface area contributed by atoms with E-state index in [1.54, 1.807) is 0 Å². The number of phosphoric ester groups is 1. The Labute approximate surface area is 163 Å². The number of anilines is 1. The van der Waals surface area contributed by atoms with Crippen LogP contribution in [0.4, 0.5) is 5.82 Å². The van der Waals surface area contributed by atoms with Crippen molar-refractivity contribution < 1.29 is 42.7 Å². The molecule has 0 bridgehead atoms. The molecule has 0 aliphatic carbocycles. The summed E-state index contributed by atoms with van der Waals surface area (Å²) in [6.07, 6.45) is -2.91. The van der Waals surface area contributed by atoms with Gasteiger partial charge in [-0.05, 0) is 0 Å². The zero-order valence-corrected chi connectivity index (χ0v) is 17.1. The van der Waals surface area contributed by atoms with Gasteiger partial charge in [0.1, 0.15) is 30.2 Å². The molecular weight excluding hydrogens is 523 g/mol. The fourth-order valence-corrected chi connectivity index (χ4v) is 6.02. The Kier molecular flexibility index (Phi) is 5.90. The molecule has 1 aliphatic heterocycles. The number of hydrogen-bond acceptors (Lipinski definition) is 11. The van der Waals surface area contributed by atoms with E-state index in [0.717, 1.165) is 22.0 Å². The summed E-state index contributed by atoms with van der Waals surface area (Å²) < 4.78 is 38.1. The van der Waals surface area contributed by atoms with Crippen molar-refractivity contribution in [3.63, 3.8) is 0 Å². The molecule has 0 amide bonds. The van der Waals surface area contributed by atoms with Gasteiger partial charge in [-0.1, -0.05) is 0 Å². The Morgan fingerprint density at radius 1 is 1.26 bits per heavy atom. The highest BCUT2D eigenvalue weighted by molar-refractivity contribution is 14.2. The smallest absolute Gasteiger partial charge is 0.387 e. The van der Waals surface area contributed by atoms with Crippen molar-refractivity contribution in [2.24, 2.45) is 0 Å². The van der Waals surface area contributed by atoms with E-state index in [0.29, 0.717) is 0 Å². The summed E-state index contributed by atoms with van der Waals surface area (Å²) >= 11 is 0.941. The Morgan fingerprint density at radius 2 is 1.96 bits per heavy atom. The lowest BCUT2D eigenvalue weighted by atomic mass is 10.1. The minimum absolute atomic E-state index is 0.109. The predicted molar refractivity (Wildman–Crippen MR) is 96.4 cm³/mol. The number of rotatable bonds is 6. The molecule has 0 saturated carbocycles. The fraction of sp³-hybridized carbons (Fsp3) is 0.500. The summed E-state index contributed by atoms with van der Waals surface area (Å²) in [6, 6.07) is 0. The standard InChI is InChI=1S/C10H14IN5O9P2/c11-26(19,20)25-27(21,22)23-1-4-6(17)7(18)10(24-4)16-3-15-5-8(12)13-2-14-9(5)16/h2-4,6-7,10,17-18H,1H2,(H,19,20)(H,21,22)(H2,12,13,14)/t4-,6?,7?,10-/m1/s1. The van der Waals surface area contributed by atoms with E-state index in [2.05, 4.69) is 23.8 Å². The highest BCUT2D eigenvalue weighted by atomic mass is 127. The number of phosphoric acid groups is 1. The summed E-state index contributed by atoms with van der Waals surface area (Å²) in [4.78, 5) is 30.2. The highest BCUT2D eigenvalue weighted by Gasteiger charge is 2.45. The molecule has 2 aromatic rings. The average Bonchev–Trinajstić information content (AvgIpc) is 3.07. The Morgan fingerprint density at radius 3 is 2.63 bits per heavy atom. The molecule has 27 heavy (non-hydrogen) atoms. The zero-order valence-electron chi connectivity index (χ0n) is 13.1. The van der Waals surface area contributed by atoms with Crippen molar-refractivity contribution >= 4 is 52.1 Å². The number of hydrogen-bond donors (Lipinski definition) is 5. The molecule has 1 fully saturated rings. The van der Waals surface area contributed by atoms with Crippen LogP contribution in [-0.4, -0.2) is 64.4 Å². The van der Waals surface area contributed by atoms with Gasteiger partial charge in [0.05, 0.1) is 35.0 Å². The molecule has 0 aromatic carbocycles. The van der Waals surface area contributed by atoms with Crippen molar-refractivity contribution in [3.05, 3.63) is 12.7 Å². The SMILES string of the molecule is Nc1ncnc2c1ncn2[C@@H]1O[C@H](COP(=O)(O)OP(=O)(O)I)C(O)C1O. The van der Waals surface area contributed by atoms with Gasteiger partial charge >= 0.3 is 13.1 Å². The number of nitrogens with two attached hydrogens (primary N) is 1. The molecule has 2 aromatic heterocycles. The first-order chi connectivity index (χ1) is 12.5. The number of imidazole rings is 1. The lowest BCUT2D eigenvalue weighted by Crippen LogP contribution is -2.33. The highest BCUT2D eigenvalue weighted by Crippen LogP contribution is 2.64. The lowest BCUT2D eigenvalue weighted by Gasteiger charge is -2.17. The van der Waals surface area contributed by atoms with E-state index in [4.69, 9.17) is 15.4 Å². The number of halogens is 1. The Balaban J connectivity index is 1.75. The number of aromatic nitrogens is 4. The number of ether oxygens (including phenoxy) is 1. The molecule has 0 radical (unpaired) electrons. The molecule has 150 valence electrons. The molecule has 0 spiro atoms. The van der Waals surface area contributed by atoms with Crippen LogP contribution in [0.5, 0.6) is 0 Å². The van der Waals surface area contributed by atoms with Gasteiger partial charge in [-0.15, -0.1) is 0 Å². The second-order valence-electron chi connectivity index (χ2n) is 5.43. The number of nitrogens with zero attached hydrogens (tertiary/aromatic N) is 4. The maximum atomic E-state index is 11.6. The molecule has 4 unspecified atom stereocenters. The van der Waals surface area contributed by atoms with E-state index in [-0.39, 0.29) is 17.0 Å². The van der Waals surface area contributed by atoms with Gasteiger partial charge in [0, 0.05) is 0 Å². The van der Waals surface area contributed by atoms with Crippen LogP contribution in [0, 0.1) is 0 Å². The average molecular weight is 537 g/mol. The molecule has 14 nitrogen and oxygen atoms in total. The summed E-state index contributed by atoms with van der Waals surface area (Å²) in [6.45, 7) is -0.705. The van der Waals surface area contributed by atoms with E-state index in [1.165, 1.54) is 17.2 Å². The van der Waals surface area contributed by atoms with Crippen LogP contribution in [0.15, 0.2) is 12.7 Å². The third kappa shape index (κ3) is 4.64. The quantitative estimate of drug-likeness (QED) is 0.237. The molecule has 3 rings (SSSR count). The van der Waals surface area contributed by atoms with Crippen molar-refractivity contribution in [1.82, 2.24) is 19.5 Å². The fourth-order valence-electron chi connectivity index (χ4n) is 2.47. The van der Waals surface area contributed by atoms with Gasteiger partial charge in [-0.25, -0.2) is 24.1 Å². The van der Waals surface area contributed by atoms with Crippen molar-refractivity contribution in [2.75, 3.05) is 12.3 Å². The molecule has 6 atom stereocenters. The van der Waals surface area contributed by atoms with Crippen molar-refractivity contribution in [1.29, 1.82) is 0 Å². The van der Waals surface area contributed by atoms with Crippen LogP contribution >= 0.6 is 35.1 Å². The molecule has 1 aliphatic rings. The number of aliphatic hydroxyl groups is 2. The maximum absolute atomic E-state index is 11.6. The minimum atomic E-state index is -4.89. The Bertz CT molecular complexity index is 937. The monoisotopic (exact) mass is 537 g/mol. The normalized spacial score (nSPS) is 30.3. The summed E-state index contributed by atoms with van der Waals surface area (Å²) in [5.74, 6) is 0.109. The largest absolute Gasteiger partial charge is 0.480 e. The van der Waals surface area contributed by atoms with Gasteiger partial charge in [-0.3, -0.25) is 9.09 Å². The molecule has 3 heterocycles. The summed E-state index contributed by atoms with van der Waals surface area (Å²) in [5.41, 5.74) is 6.19. The summed E-state index contributed by atoms with van der Waals surface area (Å²) in [5, 5.41) is 16.0. The second kappa shape index (κ2) is 7.59. The van der Waals surface area contributed by atoms with E-state index < -0.39 is 44.2 Å². The molecule has 6 N–H and O–H groups in total. The van der Waals surface area contributed by atoms with E-state index >= 15 is 0 Å². The van der Waals surface area contributed by atoms with E-state index in [9.17, 15) is 24.2 Å². The third-order valence-corrected chi connectivity index (χ3v) is 7.30. The van der Waals surface area contributed by atoms with Crippen LogP contribution in [-0.2, 0) is 22.7 Å². The molecular formula is C10H14IN5O9P2. The van der Waals surface area contributed by atoms with Gasteiger partial charge in [0.15, 0.2) is 17.7 Å². The van der Waals surface area contributed by atoms with Crippen molar-refractivity contribution in [3.8, 4) is 0 Å². The maximum Gasteiger partial charge on any atom is 0.480 e. The van der Waals surface area contributed by atoms with Crippen LogP contribution in [0.25, 0.3) is 11.2 Å². The van der Waals surface area contributed by atoms with Gasteiger partial charge in [0.25, 0.3) is 0 Å². The first kappa shape index (κ1) is 21.0. The number of aliphatic hydroxyl groups excluding tert-OH is 2. The van der Waals surface area contributed by atoms with Gasteiger partial charge in [-0.2, -0.15) is 4.31 Å². The first-order valence-electron chi connectivity index (χ1n) is 7.14. The topological polar surface area (TPSA) is 212 Å². The number of fused-ring (bicyclic) bond motifs is 1. The van der Waals surface area contributed by atoms with Gasteiger partial charge in [0.2, 0.25) is 0 Å². The van der Waals surface area contributed by atoms with Crippen LogP contribution in [0.1, 0.15) is 6.23 Å². The second-order valence-corrected chi connectivity index (χ2v) is 11.8. The zero-order chi connectivity index (χ0) is 20.0. The van der Waals surface area contributed by atoms with Gasteiger partial charge < -0.3 is 30.5 Å².